The number of hydrogen-bond acceptors (Lipinski definition) is 6. The van der Waals surface area contributed by atoms with Crippen molar-refractivity contribution in [2.45, 2.75) is 33.2 Å². The molecule has 1 saturated heterocycles. The molecule has 1 N–H and O–H groups in total. The van der Waals surface area contributed by atoms with Gasteiger partial charge in [-0.1, -0.05) is 28.9 Å². The van der Waals surface area contributed by atoms with Crippen LogP contribution in [-0.4, -0.2) is 34.1 Å². The van der Waals surface area contributed by atoms with E-state index < -0.39 is 0 Å². The van der Waals surface area contributed by atoms with Gasteiger partial charge < -0.3 is 14.7 Å². The van der Waals surface area contributed by atoms with Crippen LogP contribution in [0.5, 0.6) is 0 Å². The molecule has 0 unspecified atom stereocenters. The minimum Gasteiger partial charge on any atom is -0.355 e. The molecule has 3 heterocycles. The molecule has 0 aliphatic carbocycles. The van der Waals surface area contributed by atoms with Crippen molar-refractivity contribution < 1.29 is 9.32 Å². The summed E-state index contributed by atoms with van der Waals surface area (Å²) in [5.74, 6) is 1.38. The molecule has 1 fully saturated rings. The van der Waals surface area contributed by atoms with Gasteiger partial charge in [0.2, 0.25) is 5.91 Å². The number of hydrogen-bond donors (Lipinski definition) is 1. The summed E-state index contributed by atoms with van der Waals surface area (Å²) in [6, 6.07) is 7.53. The fourth-order valence-electron chi connectivity index (χ4n) is 3.67. The predicted molar refractivity (Wildman–Crippen MR) is 107 cm³/mol. The van der Waals surface area contributed by atoms with Gasteiger partial charge in [0.25, 0.3) is 5.71 Å². The van der Waals surface area contributed by atoms with E-state index in [1.54, 1.807) is 0 Å². The second-order valence-corrected chi connectivity index (χ2v) is 7.61. The first-order chi connectivity index (χ1) is 13.5. The average Bonchev–Trinajstić information content (AvgIpc) is 3.06. The Balaban J connectivity index is 1.49. The summed E-state index contributed by atoms with van der Waals surface area (Å²) in [5, 5.41) is 8.55. The van der Waals surface area contributed by atoms with E-state index in [1.807, 2.05) is 38.1 Å². The van der Waals surface area contributed by atoms with Crippen molar-refractivity contribution in [2.24, 2.45) is 5.92 Å². The average molecular weight is 400 g/mol. The van der Waals surface area contributed by atoms with Gasteiger partial charge in [0.15, 0.2) is 0 Å². The van der Waals surface area contributed by atoms with Gasteiger partial charge in [-0.3, -0.25) is 4.79 Å². The number of nitrogens with one attached hydrogen (secondary N) is 1. The molecule has 28 heavy (non-hydrogen) atoms. The lowest BCUT2D eigenvalue weighted by Crippen LogP contribution is -2.43. The third-order valence-corrected chi connectivity index (χ3v) is 5.28. The van der Waals surface area contributed by atoms with Crippen LogP contribution < -0.4 is 10.2 Å². The molecular formula is C20H22ClN5O2. The number of anilines is 1. The number of halogens is 1. The number of aryl methyl sites for hydroxylation is 2. The molecule has 0 spiro atoms. The van der Waals surface area contributed by atoms with Gasteiger partial charge in [-0.25, -0.2) is 4.98 Å². The zero-order valence-electron chi connectivity index (χ0n) is 15.9. The summed E-state index contributed by atoms with van der Waals surface area (Å²) in [7, 11) is 0. The Morgan fingerprint density at radius 2 is 2.21 bits per heavy atom. The summed E-state index contributed by atoms with van der Waals surface area (Å²) in [4.78, 5) is 23.8. The third-order valence-electron chi connectivity index (χ3n) is 5.05. The Labute approximate surface area is 168 Å². The first kappa shape index (κ1) is 18.7. The summed E-state index contributed by atoms with van der Waals surface area (Å²) in [6.07, 6.45) is 1.78. The van der Waals surface area contributed by atoms with Crippen molar-refractivity contribution in [1.82, 2.24) is 20.4 Å². The molecular weight excluding hydrogens is 378 g/mol. The van der Waals surface area contributed by atoms with Crippen LogP contribution in [0, 0.1) is 19.8 Å². The molecule has 146 valence electrons. The lowest BCUT2D eigenvalue weighted by molar-refractivity contribution is -0.125. The normalized spacial score (nSPS) is 17.1. The van der Waals surface area contributed by atoms with Crippen LogP contribution in [0.1, 0.15) is 29.9 Å². The Morgan fingerprint density at radius 3 is 3.04 bits per heavy atom. The number of nitrogens with zero attached hydrogens (tertiary/aromatic N) is 4. The highest BCUT2D eigenvalue weighted by atomic mass is 35.5. The second-order valence-electron chi connectivity index (χ2n) is 7.18. The van der Waals surface area contributed by atoms with Crippen molar-refractivity contribution in [3.05, 3.63) is 46.4 Å². The van der Waals surface area contributed by atoms with Gasteiger partial charge in [-0.2, -0.15) is 4.98 Å². The van der Waals surface area contributed by atoms with Crippen molar-refractivity contribution in [2.75, 3.05) is 18.0 Å². The van der Waals surface area contributed by atoms with Crippen LogP contribution in [0.2, 0.25) is 5.02 Å². The maximum absolute atomic E-state index is 12.7. The molecule has 1 aromatic carbocycles. The van der Waals surface area contributed by atoms with Crippen LogP contribution in [0.25, 0.3) is 11.1 Å². The molecule has 2 aromatic heterocycles. The zero-order chi connectivity index (χ0) is 19.7. The molecule has 3 aromatic rings. The minimum absolute atomic E-state index is 0.0498. The first-order valence-corrected chi connectivity index (χ1v) is 9.77. The minimum atomic E-state index is -0.0987. The Morgan fingerprint density at radius 1 is 1.36 bits per heavy atom. The predicted octanol–water partition coefficient (Wildman–Crippen LogP) is 3.42. The van der Waals surface area contributed by atoms with E-state index in [4.69, 9.17) is 16.1 Å². The van der Waals surface area contributed by atoms with Crippen LogP contribution in [0.3, 0.4) is 0 Å². The number of piperidine rings is 1. The quantitative estimate of drug-likeness (QED) is 0.723. The second kappa shape index (κ2) is 7.75. The topological polar surface area (TPSA) is 84.2 Å². The molecule has 1 amide bonds. The Kier molecular flexibility index (Phi) is 5.17. The highest BCUT2D eigenvalue weighted by Gasteiger charge is 2.28. The van der Waals surface area contributed by atoms with Gasteiger partial charge in [-0.05, 0) is 44.4 Å². The van der Waals surface area contributed by atoms with Gasteiger partial charge in [0.1, 0.15) is 17.0 Å². The van der Waals surface area contributed by atoms with Gasteiger partial charge in [0.05, 0.1) is 11.6 Å². The number of benzene rings is 1. The number of aromatic nitrogens is 3. The molecule has 4 rings (SSSR count). The van der Waals surface area contributed by atoms with E-state index >= 15 is 0 Å². The molecule has 1 aliphatic heterocycles. The van der Waals surface area contributed by atoms with E-state index in [1.165, 1.54) is 0 Å². The van der Waals surface area contributed by atoms with E-state index in [2.05, 4.69) is 25.3 Å². The largest absolute Gasteiger partial charge is 0.355 e. The molecule has 8 heteroatoms. The molecule has 0 radical (unpaired) electrons. The Hall–Kier alpha value is -2.67. The molecule has 7 nitrogen and oxygen atoms in total. The summed E-state index contributed by atoms with van der Waals surface area (Å²) >= 11 is 6.02. The maximum Gasteiger partial charge on any atom is 0.263 e. The number of fused-ring (bicyclic) bond motifs is 1. The van der Waals surface area contributed by atoms with Crippen molar-refractivity contribution in [1.29, 1.82) is 0 Å². The smallest absolute Gasteiger partial charge is 0.263 e. The van der Waals surface area contributed by atoms with E-state index in [-0.39, 0.29) is 11.8 Å². The number of carbonyl (C=O) groups excluding carboxylic acids is 1. The van der Waals surface area contributed by atoms with Crippen LogP contribution in [-0.2, 0) is 11.3 Å². The molecule has 1 atom stereocenters. The van der Waals surface area contributed by atoms with E-state index in [0.717, 1.165) is 41.8 Å². The van der Waals surface area contributed by atoms with Crippen LogP contribution in [0.15, 0.2) is 28.8 Å². The molecule has 0 saturated carbocycles. The monoisotopic (exact) mass is 399 g/mol. The SMILES string of the molecule is Cc1nc(N2CCC[C@@H](C(=O)NCc3cccc(Cl)c3)C2)c2c(C)noc2n1. The highest BCUT2D eigenvalue weighted by molar-refractivity contribution is 6.30. The van der Waals surface area contributed by atoms with Crippen molar-refractivity contribution >= 4 is 34.4 Å². The summed E-state index contributed by atoms with van der Waals surface area (Å²) < 4.78 is 5.31. The number of amides is 1. The maximum atomic E-state index is 12.7. The zero-order valence-corrected chi connectivity index (χ0v) is 16.7. The fourth-order valence-corrected chi connectivity index (χ4v) is 3.88. The first-order valence-electron chi connectivity index (χ1n) is 9.39. The lowest BCUT2D eigenvalue weighted by atomic mass is 9.96. The number of rotatable bonds is 4. The lowest BCUT2D eigenvalue weighted by Gasteiger charge is -2.33. The van der Waals surface area contributed by atoms with Crippen molar-refractivity contribution in [3.8, 4) is 0 Å². The van der Waals surface area contributed by atoms with Crippen LogP contribution >= 0.6 is 11.6 Å². The number of carbonyl (C=O) groups is 1. The van der Waals surface area contributed by atoms with Crippen LogP contribution in [0.4, 0.5) is 5.82 Å². The van der Waals surface area contributed by atoms with Gasteiger partial charge in [0, 0.05) is 24.7 Å². The standard InChI is InChI=1S/C20H22ClN5O2/c1-12-17-18(23-13(2)24-20(17)28-25-12)26-8-4-6-15(11-26)19(27)22-10-14-5-3-7-16(21)9-14/h3,5,7,9,15H,4,6,8,10-11H2,1-2H3,(H,22,27)/t15-/m1/s1. The third kappa shape index (κ3) is 3.80. The van der Waals surface area contributed by atoms with E-state index in [0.29, 0.717) is 29.7 Å². The highest BCUT2D eigenvalue weighted by Crippen LogP contribution is 2.30. The van der Waals surface area contributed by atoms with Crippen molar-refractivity contribution in [3.63, 3.8) is 0 Å². The summed E-state index contributed by atoms with van der Waals surface area (Å²) in [5.41, 5.74) is 2.24. The summed E-state index contributed by atoms with van der Waals surface area (Å²) in [6.45, 7) is 5.64. The van der Waals surface area contributed by atoms with Gasteiger partial charge in [-0.15, -0.1) is 0 Å². The molecule has 0 bridgehead atoms. The molecule has 1 aliphatic rings. The van der Waals surface area contributed by atoms with Gasteiger partial charge >= 0.3 is 0 Å². The van der Waals surface area contributed by atoms with E-state index in [9.17, 15) is 4.79 Å². The Bertz CT molecular complexity index is 1020. The fraction of sp³-hybridized carbons (Fsp3) is 0.400.